The second-order valence-corrected chi connectivity index (χ2v) is 7.44. The number of ketones is 1. The van der Waals surface area contributed by atoms with Gasteiger partial charge in [0.1, 0.15) is 0 Å². The number of carbonyl (C=O) groups is 1. The summed E-state index contributed by atoms with van der Waals surface area (Å²) < 4.78 is 28.7. The Bertz CT molecular complexity index is 1080. The van der Waals surface area contributed by atoms with Crippen LogP contribution in [-0.4, -0.2) is 27.0 Å². The molecule has 2 aromatic carbocycles. The Morgan fingerprint density at radius 1 is 1.12 bits per heavy atom. The Hall–Kier alpha value is -2.44. The predicted octanol–water partition coefficient (Wildman–Crippen LogP) is 2.66. The molecule has 2 aromatic rings. The molecule has 7 heteroatoms. The van der Waals surface area contributed by atoms with Crippen LogP contribution in [0, 0.1) is 0 Å². The molecule has 2 aliphatic rings. The van der Waals surface area contributed by atoms with E-state index >= 15 is 0 Å². The van der Waals surface area contributed by atoms with Crippen molar-refractivity contribution >= 4 is 38.7 Å². The van der Waals surface area contributed by atoms with Crippen LogP contribution in [0.3, 0.4) is 0 Å². The third-order valence-electron chi connectivity index (χ3n) is 4.07. The van der Waals surface area contributed by atoms with Crippen molar-refractivity contribution in [3.63, 3.8) is 0 Å². The van der Waals surface area contributed by atoms with Crippen molar-refractivity contribution in [1.29, 1.82) is 0 Å². The lowest BCUT2D eigenvalue weighted by Gasteiger charge is -2.22. The van der Waals surface area contributed by atoms with E-state index in [9.17, 15) is 13.2 Å². The average Bonchev–Trinajstić information content (AvgIpc) is 2.83. The highest BCUT2D eigenvalue weighted by atomic mass is 35.5. The van der Waals surface area contributed by atoms with Crippen LogP contribution in [0.15, 0.2) is 57.5 Å². The fraction of sp³-hybridized carbons (Fsp3) is 0.0588. The molecule has 5 nitrogen and oxygen atoms in total. The number of nitrogens with zero attached hydrogens (tertiary/aromatic N) is 1. The summed E-state index contributed by atoms with van der Waals surface area (Å²) in [7, 11) is -2.19. The maximum absolute atomic E-state index is 12.8. The van der Waals surface area contributed by atoms with Gasteiger partial charge < -0.3 is 5.32 Å². The highest BCUT2D eigenvalue weighted by Gasteiger charge is 2.40. The molecule has 120 valence electrons. The van der Waals surface area contributed by atoms with Crippen LogP contribution in [0.1, 0.15) is 21.5 Å². The van der Waals surface area contributed by atoms with Gasteiger partial charge in [-0.15, -0.1) is 0 Å². The maximum Gasteiger partial charge on any atom is 0.283 e. The topological polar surface area (TPSA) is 75.6 Å². The molecule has 0 saturated carbocycles. The maximum atomic E-state index is 12.8. The van der Waals surface area contributed by atoms with Gasteiger partial charge in [-0.05, 0) is 23.8 Å². The van der Waals surface area contributed by atoms with Crippen LogP contribution in [0.2, 0.25) is 5.02 Å². The highest BCUT2D eigenvalue weighted by Crippen LogP contribution is 2.40. The van der Waals surface area contributed by atoms with Crippen molar-refractivity contribution < 1.29 is 13.2 Å². The van der Waals surface area contributed by atoms with Crippen molar-refractivity contribution in [3.05, 3.63) is 69.9 Å². The van der Waals surface area contributed by atoms with Crippen LogP contribution in [0.25, 0.3) is 5.57 Å². The smallest absolute Gasteiger partial charge is 0.283 e. The van der Waals surface area contributed by atoms with Gasteiger partial charge >= 0.3 is 0 Å². The van der Waals surface area contributed by atoms with E-state index in [-0.39, 0.29) is 16.4 Å². The number of nitrogens with one attached hydrogen (secondary N) is 1. The van der Waals surface area contributed by atoms with Crippen LogP contribution in [0.5, 0.6) is 0 Å². The van der Waals surface area contributed by atoms with Crippen LogP contribution < -0.4 is 5.32 Å². The van der Waals surface area contributed by atoms with Crippen LogP contribution in [-0.2, 0) is 10.0 Å². The third kappa shape index (κ3) is 1.96. The summed E-state index contributed by atoms with van der Waals surface area (Å²) in [5.41, 5.74) is 2.38. The fourth-order valence-electron chi connectivity index (χ4n) is 3.10. The number of allylic oxidation sites excluding steroid dienone is 2. The zero-order chi connectivity index (χ0) is 17.1. The van der Waals surface area contributed by atoms with Gasteiger partial charge in [-0.1, -0.05) is 35.9 Å². The van der Waals surface area contributed by atoms with Gasteiger partial charge in [-0.2, -0.15) is 12.8 Å². The quantitative estimate of drug-likeness (QED) is 0.895. The largest absolute Gasteiger partial charge is 0.384 e. The molecular formula is C17H11ClN2O3S. The molecule has 1 aliphatic heterocycles. The zero-order valence-electron chi connectivity index (χ0n) is 12.5. The average molecular weight is 359 g/mol. The lowest BCUT2D eigenvalue weighted by Crippen LogP contribution is -2.27. The van der Waals surface area contributed by atoms with Crippen molar-refractivity contribution in [2.24, 2.45) is 4.40 Å². The Morgan fingerprint density at radius 2 is 1.88 bits per heavy atom. The minimum absolute atomic E-state index is 0.0676. The number of sulfonamides is 1. The van der Waals surface area contributed by atoms with Gasteiger partial charge in [-0.3, -0.25) is 4.79 Å². The van der Waals surface area contributed by atoms with Gasteiger partial charge in [0.25, 0.3) is 10.0 Å². The minimum Gasteiger partial charge on any atom is -0.384 e. The molecule has 0 atom stereocenters. The number of carbonyl (C=O) groups excluding carboxylic acids is 1. The Morgan fingerprint density at radius 3 is 2.58 bits per heavy atom. The molecule has 1 N–H and O–H groups in total. The summed E-state index contributed by atoms with van der Waals surface area (Å²) >= 11 is 6.07. The first-order chi connectivity index (χ1) is 11.4. The van der Waals surface area contributed by atoms with Crippen molar-refractivity contribution in [2.75, 3.05) is 7.05 Å². The van der Waals surface area contributed by atoms with Gasteiger partial charge in [0.2, 0.25) is 5.78 Å². The van der Waals surface area contributed by atoms with Crippen molar-refractivity contribution in [1.82, 2.24) is 5.32 Å². The van der Waals surface area contributed by atoms with Gasteiger partial charge in [-0.25, -0.2) is 0 Å². The molecule has 0 saturated heterocycles. The van der Waals surface area contributed by atoms with Crippen LogP contribution in [0.4, 0.5) is 0 Å². The minimum atomic E-state index is -3.81. The van der Waals surface area contributed by atoms with Gasteiger partial charge in [0.05, 0.1) is 16.3 Å². The van der Waals surface area contributed by atoms with E-state index in [0.29, 0.717) is 33.0 Å². The number of hydrogen-bond donors (Lipinski definition) is 1. The molecule has 1 aliphatic carbocycles. The van der Waals surface area contributed by atoms with E-state index in [1.54, 1.807) is 43.4 Å². The Kier molecular flexibility index (Phi) is 3.16. The molecule has 0 aromatic heterocycles. The zero-order valence-corrected chi connectivity index (χ0v) is 14.1. The summed E-state index contributed by atoms with van der Waals surface area (Å²) in [6, 6.07) is 11.5. The third-order valence-corrected chi connectivity index (χ3v) is 5.63. The molecule has 24 heavy (non-hydrogen) atoms. The van der Waals surface area contributed by atoms with Gasteiger partial charge in [0, 0.05) is 28.8 Å². The Balaban J connectivity index is 2.12. The van der Waals surface area contributed by atoms with Gasteiger partial charge in [0.15, 0.2) is 0 Å². The number of likely N-dealkylation sites (N-methyl/N-ethyl adjacent to an activating group) is 1. The SMILES string of the molecule is CNC1=C(c2cccc(Cl)c2)C2=NS(=O)(=O)c3cccc(c32)C1=O. The van der Waals surface area contributed by atoms with Crippen molar-refractivity contribution in [2.45, 2.75) is 4.90 Å². The molecule has 0 unspecified atom stereocenters. The molecule has 0 fully saturated rings. The van der Waals surface area contributed by atoms with E-state index in [1.807, 2.05) is 0 Å². The van der Waals surface area contributed by atoms with Crippen molar-refractivity contribution in [3.8, 4) is 0 Å². The number of hydrogen-bond acceptors (Lipinski definition) is 4. The molecule has 0 bridgehead atoms. The molecular weight excluding hydrogens is 348 g/mol. The number of halogens is 1. The monoisotopic (exact) mass is 358 g/mol. The Labute approximate surface area is 143 Å². The highest BCUT2D eigenvalue weighted by molar-refractivity contribution is 7.90. The standard InChI is InChI=1S/C17H11ClN2O3S/c1-19-16-13(9-4-2-5-10(18)8-9)15-14-11(17(16)21)6-3-7-12(14)24(22,23)20-15/h2-8,19H,1H3. The van der Waals surface area contributed by atoms with Crippen LogP contribution >= 0.6 is 11.6 Å². The summed E-state index contributed by atoms with van der Waals surface area (Å²) in [4.78, 5) is 12.9. The second kappa shape index (κ2) is 5.03. The van der Waals surface area contributed by atoms with E-state index in [2.05, 4.69) is 9.71 Å². The first-order valence-corrected chi connectivity index (χ1v) is 8.97. The molecule has 0 amide bonds. The first kappa shape index (κ1) is 15.1. The van der Waals surface area contributed by atoms with E-state index in [1.165, 1.54) is 6.07 Å². The molecule has 4 rings (SSSR count). The number of rotatable bonds is 2. The van der Waals surface area contributed by atoms with E-state index in [0.717, 1.165) is 0 Å². The van der Waals surface area contributed by atoms with E-state index in [4.69, 9.17) is 11.6 Å². The lowest BCUT2D eigenvalue weighted by atomic mass is 9.83. The molecule has 0 spiro atoms. The lowest BCUT2D eigenvalue weighted by molar-refractivity contribution is 0.102. The number of Topliss-reactive ketones (excluding diaryl/α,β-unsaturated/α-hetero) is 1. The summed E-state index contributed by atoms with van der Waals surface area (Å²) in [6.07, 6.45) is 0. The van der Waals surface area contributed by atoms with E-state index < -0.39 is 10.0 Å². The molecule has 1 heterocycles. The summed E-state index contributed by atoms with van der Waals surface area (Å²) in [5.74, 6) is -0.264. The fourth-order valence-corrected chi connectivity index (χ4v) is 4.52. The summed E-state index contributed by atoms with van der Waals surface area (Å²) in [5, 5.41) is 3.38. The second-order valence-electron chi connectivity index (χ2n) is 5.43. The predicted molar refractivity (Wildman–Crippen MR) is 91.9 cm³/mol. The summed E-state index contributed by atoms with van der Waals surface area (Å²) in [6.45, 7) is 0. The normalized spacial score (nSPS) is 17.6. The number of benzene rings is 2. The first-order valence-electron chi connectivity index (χ1n) is 7.15. The molecule has 0 radical (unpaired) electrons.